The molecule has 2 amide bonds. The number of benzene rings is 2. The van der Waals surface area contributed by atoms with Crippen molar-refractivity contribution in [2.24, 2.45) is 0 Å². The molecule has 0 saturated heterocycles. The summed E-state index contributed by atoms with van der Waals surface area (Å²) in [5, 5.41) is 2.94. The number of para-hydroxylation sites is 1. The molecule has 0 heterocycles. The van der Waals surface area contributed by atoms with Gasteiger partial charge in [0.2, 0.25) is 11.8 Å². The number of hydrogen-bond donors (Lipinski definition) is 1. The van der Waals surface area contributed by atoms with Gasteiger partial charge in [0.1, 0.15) is 0 Å². The maximum absolute atomic E-state index is 12.5. The zero-order valence-electron chi connectivity index (χ0n) is 18.3. The molecule has 0 aliphatic rings. The van der Waals surface area contributed by atoms with Crippen molar-refractivity contribution in [1.29, 1.82) is 0 Å². The molecular formula is C24H33N3O2. The highest BCUT2D eigenvalue weighted by Crippen LogP contribution is 2.26. The van der Waals surface area contributed by atoms with Crippen molar-refractivity contribution < 1.29 is 9.59 Å². The molecule has 2 aromatic rings. The fourth-order valence-electron chi connectivity index (χ4n) is 3.60. The first-order chi connectivity index (χ1) is 13.9. The Morgan fingerprint density at radius 2 is 1.62 bits per heavy atom. The summed E-state index contributed by atoms with van der Waals surface area (Å²) in [7, 11) is 0. The molecule has 0 unspecified atom stereocenters. The van der Waals surface area contributed by atoms with Crippen LogP contribution in [0.15, 0.2) is 42.5 Å². The van der Waals surface area contributed by atoms with Gasteiger partial charge in [0.15, 0.2) is 0 Å². The second kappa shape index (κ2) is 10.6. The number of aryl methyl sites for hydroxylation is 2. The lowest BCUT2D eigenvalue weighted by Crippen LogP contribution is -2.33. The first-order valence-corrected chi connectivity index (χ1v) is 10.4. The molecule has 2 rings (SSSR count). The molecule has 0 saturated carbocycles. The Labute approximate surface area is 174 Å². The van der Waals surface area contributed by atoms with Gasteiger partial charge in [0.05, 0.1) is 0 Å². The third-order valence-corrected chi connectivity index (χ3v) is 5.19. The standard InChI is InChI=1S/C24H33N3O2/c1-6-20-11-9-10-18(4)24(20)27(19(5)28)17-16-23(29)25-21-12-14-22(15-13-21)26(7-2)8-3/h9-15H,6-8,16-17H2,1-5H3,(H,25,29). The molecule has 0 aromatic heterocycles. The first kappa shape index (κ1) is 22.5. The quantitative estimate of drug-likeness (QED) is 0.664. The molecule has 0 bridgehead atoms. The molecule has 0 aliphatic heterocycles. The summed E-state index contributed by atoms with van der Waals surface area (Å²) < 4.78 is 0. The third kappa shape index (κ3) is 5.83. The highest BCUT2D eigenvalue weighted by molar-refractivity contribution is 5.96. The molecule has 5 nitrogen and oxygen atoms in total. The van der Waals surface area contributed by atoms with E-state index in [1.54, 1.807) is 11.8 Å². The Hall–Kier alpha value is -2.82. The van der Waals surface area contributed by atoms with Crippen LogP contribution in [-0.2, 0) is 16.0 Å². The lowest BCUT2D eigenvalue weighted by Gasteiger charge is -2.25. The summed E-state index contributed by atoms with van der Waals surface area (Å²) in [6, 6.07) is 13.9. The Balaban J connectivity index is 2.04. The maximum atomic E-state index is 12.5. The van der Waals surface area contributed by atoms with Crippen LogP contribution in [0.4, 0.5) is 17.1 Å². The van der Waals surface area contributed by atoms with Gasteiger partial charge in [-0.15, -0.1) is 0 Å². The Kier molecular flexibility index (Phi) is 8.25. The molecule has 0 spiro atoms. The van der Waals surface area contributed by atoms with Gasteiger partial charge in [-0.05, 0) is 62.6 Å². The van der Waals surface area contributed by atoms with Crippen molar-refractivity contribution in [3.63, 3.8) is 0 Å². The summed E-state index contributed by atoms with van der Waals surface area (Å²) in [6.07, 6.45) is 1.08. The molecule has 0 radical (unpaired) electrons. The van der Waals surface area contributed by atoms with Gasteiger partial charge < -0.3 is 15.1 Å². The van der Waals surface area contributed by atoms with Gasteiger partial charge in [0, 0.05) is 50.0 Å². The lowest BCUT2D eigenvalue weighted by atomic mass is 10.0. The molecule has 0 fully saturated rings. The molecule has 2 aromatic carbocycles. The second-order valence-corrected chi connectivity index (χ2v) is 7.12. The van der Waals surface area contributed by atoms with Crippen molar-refractivity contribution >= 4 is 28.9 Å². The minimum atomic E-state index is -0.0986. The van der Waals surface area contributed by atoms with E-state index in [9.17, 15) is 9.59 Å². The van der Waals surface area contributed by atoms with Crippen molar-refractivity contribution in [3.05, 3.63) is 53.6 Å². The molecule has 156 valence electrons. The predicted octanol–water partition coefficient (Wildman–Crippen LogP) is 4.79. The number of carbonyl (C=O) groups is 2. The van der Waals surface area contributed by atoms with Crippen LogP contribution in [0.5, 0.6) is 0 Å². The van der Waals surface area contributed by atoms with Crippen LogP contribution in [0.1, 0.15) is 45.2 Å². The van der Waals surface area contributed by atoms with Gasteiger partial charge >= 0.3 is 0 Å². The summed E-state index contributed by atoms with van der Waals surface area (Å²) in [6.45, 7) is 12.1. The number of amides is 2. The molecule has 29 heavy (non-hydrogen) atoms. The van der Waals surface area contributed by atoms with Crippen LogP contribution in [0, 0.1) is 6.92 Å². The molecule has 1 N–H and O–H groups in total. The monoisotopic (exact) mass is 395 g/mol. The number of nitrogens with one attached hydrogen (secondary N) is 1. The van der Waals surface area contributed by atoms with E-state index in [4.69, 9.17) is 0 Å². The average Bonchev–Trinajstić information content (AvgIpc) is 2.71. The largest absolute Gasteiger partial charge is 0.372 e. The molecule has 5 heteroatoms. The van der Waals surface area contributed by atoms with Gasteiger partial charge in [-0.3, -0.25) is 9.59 Å². The van der Waals surface area contributed by atoms with Crippen molar-refractivity contribution in [2.75, 3.05) is 34.8 Å². The summed E-state index contributed by atoms with van der Waals surface area (Å²) in [5.41, 5.74) is 5.01. The van der Waals surface area contributed by atoms with Crippen molar-refractivity contribution in [1.82, 2.24) is 0 Å². The van der Waals surface area contributed by atoms with Gasteiger partial charge in [-0.1, -0.05) is 25.1 Å². The van der Waals surface area contributed by atoms with E-state index in [0.29, 0.717) is 6.54 Å². The number of nitrogens with zero attached hydrogens (tertiary/aromatic N) is 2. The van der Waals surface area contributed by atoms with Gasteiger partial charge in [-0.2, -0.15) is 0 Å². The zero-order valence-corrected chi connectivity index (χ0v) is 18.3. The summed E-state index contributed by atoms with van der Waals surface area (Å²) in [5.74, 6) is -0.149. The Morgan fingerprint density at radius 1 is 0.966 bits per heavy atom. The number of hydrogen-bond acceptors (Lipinski definition) is 3. The zero-order chi connectivity index (χ0) is 21.4. The van der Waals surface area contributed by atoms with Crippen LogP contribution in [0.25, 0.3) is 0 Å². The molecule has 0 atom stereocenters. The van der Waals surface area contributed by atoms with Crippen molar-refractivity contribution in [3.8, 4) is 0 Å². The fourth-order valence-corrected chi connectivity index (χ4v) is 3.60. The van der Waals surface area contributed by atoms with Crippen molar-refractivity contribution in [2.45, 2.75) is 47.5 Å². The minimum Gasteiger partial charge on any atom is -0.372 e. The van der Waals surface area contributed by atoms with Gasteiger partial charge in [0.25, 0.3) is 0 Å². The third-order valence-electron chi connectivity index (χ3n) is 5.19. The van der Waals surface area contributed by atoms with E-state index in [1.807, 2.05) is 49.4 Å². The molecular weight excluding hydrogens is 362 g/mol. The van der Waals surface area contributed by atoms with E-state index in [0.717, 1.165) is 47.7 Å². The molecule has 0 aliphatic carbocycles. The van der Waals surface area contributed by atoms with Gasteiger partial charge in [-0.25, -0.2) is 0 Å². The van der Waals surface area contributed by atoms with E-state index in [-0.39, 0.29) is 18.2 Å². The number of rotatable bonds is 9. The van der Waals surface area contributed by atoms with Crippen LogP contribution in [0.3, 0.4) is 0 Å². The summed E-state index contributed by atoms with van der Waals surface area (Å²) in [4.78, 5) is 28.7. The van der Waals surface area contributed by atoms with E-state index >= 15 is 0 Å². The average molecular weight is 396 g/mol. The fraction of sp³-hybridized carbons (Fsp3) is 0.417. The van der Waals surface area contributed by atoms with Crippen LogP contribution < -0.4 is 15.1 Å². The normalized spacial score (nSPS) is 10.5. The maximum Gasteiger partial charge on any atom is 0.226 e. The minimum absolute atomic E-state index is 0.0506. The smallest absolute Gasteiger partial charge is 0.226 e. The van der Waals surface area contributed by atoms with Crippen LogP contribution >= 0.6 is 0 Å². The SMILES string of the molecule is CCc1cccc(C)c1N(CCC(=O)Nc1ccc(N(CC)CC)cc1)C(C)=O. The Morgan fingerprint density at radius 3 is 2.17 bits per heavy atom. The van der Waals surface area contributed by atoms with E-state index in [2.05, 4.69) is 31.0 Å². The summed E-state index contributed by atoms with van der Waals surface area (Å²) >= 11 is 0. The van der Waals surface area contributed by atoms with Crippen LogP contribution in [0.2, 0.25) is 0 Å². The topological polar surface area (TPSA) is 52.7 Å². The highest BCUT2D eigenvalue weighted by Gasteiger charge is 2.18. The first-order valence-electron chi connectivity index (χ1n) is 10.4. The number of carbonyl (C=O) groups excluding carboxylic acids is 2. The van der Waals surface area contributed by atoms with Crippen LogP contribution in [-0.4, -0.2) is 31.4 Å². The second-order valence-electron chi connectivity index (χ2n) is 7.12. The van der Waals surface area contributed by atoms with E-state index < -0.39 is 0 Å². The highest BCUT2D eigenvalue weighted by atomic mass is 16.2. The lowest BCUT2D eigenvalue weighted by molar-refractivity contribution is -0.117. The number of anilines is 3. The van der Waals surface area contributed by atoms with E-state index in [1.165, 1.54) is 0 Å². The Bertz CT molecular complexity index is 827. The predicted molar refractivity (Wildman–Crippen MR) is 122 cm³/mol.